The van der Waals surface area contributed by atoms with Crippen LogP contribution < -0.4 is 5.73 Å². The van der Waals surface area contributed by atoms with Crippen molar-refractivity contribution in [1.29, 1.82) is 0 Å². The van der Waals surface area contributed by atoms with Gasteiger partial charge in [0.15, 0.2) is 0 Å². The van der Waals surface area contributed by atoms with Crippen molar-refractivity contribution in [3.05, 3.63) is 53.3 Å². The molecule has 0 saturated heterocycles. The van der Waals surface area contributed by atoms with Crippen molar-refractivity contribution in [3.63, 3.8) is 0 Å². The lowest BCUT2D eigenvalue weighted by atomic mass is 9.89. The Morgan fingerprint density at radius 3 is 2.56 bits per heavy atom. The molecule has 27 heavy (non-hydrogen) atoms. The predicted octanol–water partition coefficient (Wildman–Crippen LogP) is 5.00. The average Bonchev–Trinajstić information content (AvgIpc) is 2.93. The fraction of sp³-hybridized carbons (Fsp3) is 0.391. The van der Waals surface area contributed by atoms with E-state index in [0.717, 1.165) is 40.1 Å². The predicted molar refractivity (Wildman–Crippen MR) is 110 cm³/mol. The summed E-state index contributed by atoms with van der Waals surface area (Å²) in [5.74, 6) is 0.310. The number of hydrogen-bond acceptors (Lipinski definition) is 2. The van der Waals surface area contributed by atoms with E-state index in [1.54, 1.807) is 0 Å². The summed E-state index contributed by atoms with van der Waals surface area (Å²) in [5.41, 5.74) is 11.1. The molecule has 1 aromatic carbocycles. The Kier molecular flexibility index (Phi) is 4.73. The van der Waals surface area contributed by atoms with Gasteiger partial charge in [0, 0.05) is 28.9 Å². The average molecular weight is 361 g/mol. The number of fused-ring (bicyclic) bond motifs is 1. The summed E-state index contributed by atoms with van der Waals surface area (Å²) in [5, 5.41) is 1.10. The topological polar surface area (TPSA) is 60.9 Å². The third-order valence-electron chi connectivity index (χ3n) is 6.05. The third-order valence-corrected chi connectivity index (χ3v) is 6.05. The zero-order valence-corrected chi connectivity index (χ0v) is 16.2. The van der Waals surface area contributed by atoms with E-state index in [9.17, 15) is 4.79 Å². The first-order valence-electron chi connectivity index (χ1n) is 9.92. The minimum Gasteiger partial charge on any atom is -0.366 e. The molecule has 0 spiro atoms. The van der Waals surface area contributed by atoms with Gasteiger partial charge in [-0.3, -0.25) is 4.79 Å². The lowest BCUT2D eigenvalue weighted by Gasteiger charge is -2.23. The van der Waals surface area contributed by atoms with E-state index in [1.807, 2.05) is 37.3 Å². The Bertz CT molecular complexity index is 996. The molecule has 1 fully saturated rings. The van der Waals surface area contributed by atoms with Gasteiger partial charge in [-0.1, -0.05) is 43.5 Å². The summed E-state index contributed by atoms with van der Waals surface area (Å²) in [7, 11) is 0. The second-order valence-corrected chi connectivity index (χ2v) is 7.79. The fourth-order valence-electron chi connectivity index (χ4n) is 4.61. The zero-order valence-electron chi connectivity index (χ0n) is 16.2. The quantitative estimate of drug-likeness (QED) is 0.711. The van der Waals surface area contributed by atoms with E-state index in [2.05, 4.69) is 17.6 Å². The number of carbonyl (C=O) groups is 1. The summed E-state index contributed by atoms with van der Waals surface area (Å²) in [4.78, 5) is 17.1. The molecule has 4 nitrogen and oxygen atoms in total. The Morgan fingerprint density at radius 2 is 1.81 bits per heavy atom. The van der Waals surface area contributed by atoms with Gasteiger partial charge in [0.2, 0.25) is 0 Å². The lowest BCUT2D eigenvalue weighted by Crippen LogP contribution is -2.17. The molecule has 1 amide bonds. The van der Waals surface area contributed by atoms with Gasteiger partial charge in [-0.05, 0) is 44.7 Å². The second kappa shape index (κ2) is 7.18. The van der Waals surface area contributed by atoms with Gasteiger partial charge < -0.3 is 10.3 Å². The number of aromatic nitrogens is 2. The molecule has 0 aliphatic heterocycles. The van der Waals surface area contributed by atoms with Crippen LogP contribution in [0.4, 0.5) is 0 Å². The van der Waals surface area contributed by atoms with Gasteiger partial charge >= 0.3 is 0 Å². The molecule has 140 valence electrons. The summed E-state index contributed by atoms with van der Waals surface area (Å²) >= 11 is 0. The highest BCUT2D eigenvalue weighted by atomic mass is 16.1. The molecule has 3 aromatic rings. The standard InChI is InChI=1S/C23H27N3O/c1-15-21(20-13-12-18-10-6-7-11-19(18)25-20)22(23(24)27)16(2)26(15)14-17-8-4-3-5-9-17/h6-7,10-13,17H,3-5,8-9,14H2,1-2H3,(H2,24,27). The maximum atomic E-state index is 12.3. The molecule has 0 atom stereocenters. The molecule has 1 aliphatic carbocycles. The number of benzene rings is 1. The molecule has 2 N–H and O–H groups in total. The number of amides is 1. The van der Waals surface area contributed by atoms with Crippen LogP contribution in [-0.2, 0) is 6.54 Å². The summed E-state index contributed by atoms with van der Waals surface area (Å²) in [6.45, 7) is 5.07. The molecule has 0 unspecified atom stereocenters. The van der Waals surface area contributed by atoms with Crippen molar-refractivity contribution in [1.82, 2.24) is 9.55 Å². The fourth-order valence-corrected chi connectivity index (χ4v) is 4.61. The second-order valence-electron chi connectivity index (χ2n) is 7.79. The van der Waals surface area contributed by atoms with Gasteiger partial charge in [0.05, 0.1) is 16.8 Å². The number of carbonyl (C=O) groups excluding carboxylic acids is 1. The van der Waals surface area contributed by atoms with Crippen LogP contribution >= 0.6 is 0 Å². The Hall–Kier alpha value is -2.62. The molecule has 2 aromatic heterocycles. The van der Waals surface area contributed by atoms with Crippen LogP contribution in [0.15, 0.2) is 36.4 Å². The van der Waals surface area contributed by atoms with E-state index in [4.69, 9.17) is 10.7 Å². The lowest BCUT2D eigenvalue weighted by molar-refractivity contribution is 0.1000. The zero-order chi connectivity index (χ0) is 19.0. The molecule has 4 rings (SSSR count). The largest absolute Gasteiger partial charge is 0.366 e. The molecular weight excluding hydrogens is 334 g/mol. The van der Waals surface area contributed by atoms with Crippen molar-refractivity contribution in [2.24, 2.45) is 11.7 Å². The Labute approximate surface area is 160 Å². The normalized spacial score (nSPS) is 15.3. The van der Waals surface area contributed by atoms with Crippen LogP contribution in [-0.4, -0.2) is 15.5 Å². The maximum absolute atomic E-state index is 12.3. The van der Waals surface area contributed by atoms with Crippen molar-refractivity contribution < 1.29 is 4.79 Å². The van der Waals surface area contributed by atoms with Crippen LogP contribution in [0, 0.1) is 19.8 Å². The first-order chi connectivity index (χ1) is 13.1. The van der Waals surface area contributed by atoms with Crippen LogP contribution in [0.5, 0.6) is 0 Å². The monoisotopic (exact) mass is 361 g/mol. The molecule has 1 aliphatic rings. The highest BCUT2D eigenvalue weighted by molar-refractivity contribution is 6.02. The highest BCUT2D eigenvalue weighted by Gasteiger charge is 2.25. The first-order valence-corrected chi connectivity index (χ1v) is 9.92. The molecule has 2 heterocycles. The number of hydrogen-bond donors (Lipinski definition) is 1. The van der Waals surface area contributed by atoms with Gasteiger partial charge in [-0.15, -0.1) is 0 Å². The van der Waals surface area contributed by atoms with E-state index in [-0.39, 0.29) is 5.91 Å². The van der Waals surface area contributed by atoms with Gasteiger partial charge in [0.1, 0.15) is 0 Å². The van der Waals surface area contributed by atoms with Crippen LogP contribution in [0.25, 0.3) is 22.2 Å². The minimum atomic E-state index is -0.372. The van der Waals surface area contributed by atoms with Crippen molar-refractivity contribution >= 4 is 16.8 Å². The molecule has 1 saturated carbocycles. The number of pyridine rings is 1. The third kappa shape index (κ3) is 3.25. The highest BCUT2D eigenvalue weighted by Crippen LogP contribution is 2.34. The molecule has 0 bridgehead atoms. The van der Waals surface area contributed by atoms with Crippen molar-refractivity contribution in [2.75, 3.05) is 0 Å². The van der Waals surface area contributed by atoms with Crippen LogP contribution in [0.1, 0.15) is 53.8 Å². The number of rotatable bonds is 4. The van der Waals surface area contributed by atoms with E-state index in [1.165, 1.54) is 32.1 Å². The summed E-state index contributed by atoms with van der Waals surface area (Å²) in [6.07, 6.45) is 6.51. The summed E-state index contributed by atoms with van der Waals surface area (Å²) < 4.78 is 2.29. The Morgan fingerprint density at radius 1 is 1.07 bits per heavy atom. The molecule has 4 heteroatoms. The number of nitrogens with two attached hydrogens (primary N) is 1. The SMILES string of the molecule is Cc1c(C(N)=O)c(-c2ccc3ccccc3n2)c(C)n1CC1CCCCC1. The molecular formula is C23H27N3O. The van der Waals surface area contributed by atoms with Crippen LogP contribution in [0.2, 0.25) is 0 Å². The van der Waals surface area contributed by atoms with Gasteiger partial charge in [0.25, 0.3) is 5.91 Å². The molecule has 0 radical (unpaired) electrons. The minimum absolute atomic E-state index is 0.372. The first kappa shape index (κ1) is 17.8. The van der Waals surface area contributed by atoms with Crippen LogP contribution in [0.3, 0.4) is 0 Å². The van der Waals surface area contributed by atoms with Crippen molar-refractivity contribution in [3.8, 4) is 11.3 Å². The number of primary amides is 1. The van der Waals surface area contributed by atoms with Gasteiger partial charge in [-0.25, -0.2) is 4.98 Å². The number of nitrogens with zero attached hydrogens (tertiary/aromatic N) is 2. The Balaban J connectivity index is 1.83. The van der Waals surface area contributed by atoms with Crippen molar-refractivity contribution in [2.45, 2.75) is 52.5 Å². The smallest absolute Gasteiger partial charge is 0.251 e. The van der Waals surface area contributed by atoms with Gasteiger partial charge in [-0.2, -0.15) is 0 Å². The maximum Gasteiger partial charge on any atom is 0.251 e. The number of para-hydroxylation sites is 1. The van der Waals surface area contributed by atoms with E-state index in [0.29, 0.717) is 11.5 Å². The summed E-state index contributed by atoms with van der Waals surface area (Å²) in [6, 6.07) is 12.1. The van der Waals surface area contributed by atoms with E-state index >= 15 is 0 Å². The van der Waals surface area contributed by atoms with E-state index < -0.39 is 0 Å².